The number of carbonyl (C=O) groups is 1. The fourth-order valence-corrected chi connectivity index (χ4v) is 2.94. The predicted octanol–water partition coefficient (Wildman–Crippen LogP) is 1.91. The van der Waals surface area contributed by atoms with E-state index in [4.69, 9.17) is 4.74 Å². The summed E-state index contributed by atoms with van der Waals surface area (Å²) in [6, 6.07) is 6.07. The highest BCUT2D eigenvalue weighted by Gasteiger charge is 2.30. The Morgan fingerprint density at radius 3 is 3.14 bits per heavy atom. The maximum Gasteiger partial charge on any atom is 0.246 e. The second-order valence-corrected chi connectivity index (χ2v) is 5.60. The zero-order valence-electron chi connectivity index (χ0n) is 12.5. The normalized spacial score (nSPS) is 21.9. The maximum atomic E-state index is 12.1. The Labute approximate surface area is 125 Å². The third-order valence-electron chi connectivity index (χ3n) is 4.05. The second kappa shape index (κ2) is 6.45. The number of benzene rings is 1. The Kier molecular flexibility index (Phi) is 4.41. The molecule has 1 aromatic rings. The number of hydrogen-bond acceptors (Lipinski definition) is 4. The molecule has 0 aliphatic carbocycles. The fourth-order valence-electron chi connectivity index (χ4n) is 2.94. The van der Waals surface area contributed by atoms with E-state index < -0.39 is 0 Å². The number of nitrogens with one attached hydrogen (secondary N) is 2. The van der Waals surface area contributed by atoms with Gasteiger partial charge < -0.3 is 20.3 Å². The Morgan fingerprint density at radius 1 is 1.38 bits per heavy atom. The first kappa shape index (κ1) is 14.4. The van der Waals surface area contributed by atoms with E-state index in [0.29, 0.717) is 0 Å². The lowest BCUT2D eigenvalue weighted by Gasteiger charge is -2.22. The number of amides is 1. The molecule has 2 aliphatic rings. The van der Waals surface area contributed by atoms with Crippen LogP contribution in [0.25, 0.3) is 0 Å². The zero-order chi connectivity index (χ0) is 14.7. The molecule has 5 heteroatoms. The number of anilines is 2. The van der Waals surface area contributed by atoms with Gasteiger partial charge in [-0.3, -0.25) is 4.79 Å². The minimum absolute atomic E-state index is 0.0507. The minimum atomic E-state index is -0.207. The first-order valence-electron chi connectivity index (χ1n) is 7.80. The van der Waals surface area contributed by atoms with E-state index in [1.165, 1.54) is 0 Å². The highest BCUT2D eigenvalue weighted by Crippen LogP contribution is 2.34. The quantitative estimate of drug-likeness (QED) is 0.889. The summed E-state index contributed by atoms with van der Waals surface area (Å²) in [5, 5.41) is 6.29. The third kappa shape index (κ3) is 3.04. The average molecular weight is 289 g/mol. The molecule has 1 saturated heterocycles. The van der Waals surface area contributed by atoms with Gasteiger partial charge in [0.05, 0.1) is 6.61 Å². The van der Waals surface area contributed by atoms with Crippen molar-refractivity contribution in [1.82, 2.24) is 5.32 Å². The van der Waals surface area contributed by atoms with Gasteiger partial charge in [0.15, 0.2) is 0 Å². The molecule has 1 aromatic carbocycles. The number of nitrogens with zero attached hydrogens (tertiary/aromatic N) is 1. The van der Waals surface area contributed by atoms with Crippen molar-refractivity contribution in [3.05, 3.63) is 23.8 Å². The molecule has 0 bridgehead atoms. The summed E-state index contributed by atoms with van der Waals surface area (Å²) in [7, 11) is 0. The molecule has 1 fully saturated rings. The van der Waals surface area contributed by atoms with E-state index in [9.17, 15) is 4.79 Å². The first-order chi connectivity index (χ1) is 10.3. The van der Waals surface area contributed by atoms with Crippen LogP contribution in [0.4, 0.5) is 11.4 Å². The topological polar surface area (TPSA) is 53.6 Å². The van der Waals surface area contributed by atoms with E-state index in [2.05, 4.69) is 40.7 Å². The Morgan fingerprint density at radius 2 is 2.29 bits per heavy atom. The molecule has 21 heavy (non-hydrogen) atoms. The highest BCUT2D eigenvalue weighted by molar-refractivity contribution is 6.03. The Bertz CT molecular complexity index is 510. The maximum absolute atomic E-state index is 12.1. The monoisotopic (exact) mass is 289 g/mol. The summed E-state index contributed by atoms with van der Waals surface area (Å²) in [5.41, 5.74) is 3.16. The summed E-state index contributed by atoms with van der Waals surface area (Å²) < 4.78 is 5.50. The van der Waals surface area contributed by atoms with Gasteiger partial charge in [0.1, 0.15) is 6.04 Å². The minimum Gasteiger partial charge on any atom is -0.380 e. The number of ether oxygens (including phenoxy) is 1. The van der Waals surface area contributed by atoms with Crippen LogP contribution in [0, 0.1) is 0 Å². The van der Waals surface area contributed by atoms with Gasteiger partial charge in [-0.15, -0.1) is 0 Å². The summed E-state index contributed by atoms with van der Waals surface area (Å²) in [6.07, 6.45) is 2.06. The van der Waals surface area contributed by atoms with Gasteiger partial charge in [0, 0.05) is 36.6 Å². The van der Waals surface area contributed by atoms with Gasteiger partial charge in [-0.05, 0) is 31.5 Å². The van der Waals surface area contributed by atoms with Gasteiger partial charge >= 0.3 is 0 Å². The zero-order valence-corrected chi connectivity index (χ0v) is 12.5. The van der Waals surface area contributed by atoms with Crippen LogP contribution in [0.15, 0.2) is 18.2 Å². The molecule has 114 valence electrons. The molecule has 0 saturated carbocycles. The molecular weight excluding hydrogens is 266 g/mol. The lowest BCUT2D eigenvalue weighted by atomic mass is 10.1. The number of hydrogen-bond donors (Lipinski definition) is 2. The molecule has 0 radical (unpaired) electrons. The van der Waals surface area contributed by atoms with Gasteiger partial charge in [0.25, 0.3) is 0 Å². The molecule has 2 aliphatic heterocycles. The number of rotatable bonds is 4. The number of carbonyl (C=O) groups excluding carboxylic acids is 1. The molecule has 3 rings (SSSR count). The Balaban J connectivity index is 1.79. The first-order valence-corrected chi connectivity index (χ1v) is 7.80. The average Bonchev–Trinajstić information content (AvgIpc) is 2.69. The molecule has 0 spiro atoms. The standard InChI is InChI=1S/C16H23N3O2/c1-2-6-17-15-13-5-4-12(11-14(13)18-16(15)20)19-7-3-9-21-10-8-19/h4-5,11,15,17H,2-3,6-10H2,1H3,(H,18,20). The van der Waals surface area contributed by atoms with Gasteiger partial charge in [-0.1, -0.05) is 13.0 Å². The van der Waals surface area contributed by atoms with E-state index >= 15 is 0 Å². The van der Waals surface area contributed by atoms with Crippen LogP contribution in [-0.2, 0) is 9.53 Å². The van der Waals surface area contributed by atoms with Crippen LogP contribution in [-0.4, -0.2) is 38.8 Å². The van der Waals surface area contributed by atoms with Crippen LogP contribution in [0.3, 0.4) is 0 Å². The molecule has 2 heterocycles. The van der Waals surface area contributed by atoms with Crippen molar-refractivity contribution >= 4 is 17.3 Å². The summed E-state index contributed by atoms with van der Waals surface area (Å²) in [4.78, 5) is 14.4. The van der Waals surface area contributed by atoms with E-state index in [-0.39, 0.29) is 11.9 Å². The van der Waals surface area contributed by atoms with Crippen LogP contribution in [0.1, 0.15) is 31.4 Å². The third-order valence-corrected chi connectivity index (χ3v) is 4.05. The van der Waals surface area contributed by atoms with Crippen molar-refractivity contribution in [1.29, 1.82) is 0 Å². The van der Waals surface area contributed by atoms with E-state index in [1.54, 1.807) is 0 Å². The highest BCUT2D eigenvalue weighted by atomic mass is 16.5. The van der Waals surface area contributed by atoms with Crippen LogP contribution < -0.4 is 15.5 Å². The molecule has 1 amide bonds. The molecule has 5 nitrogen and oxygen atoms in total. The predicted molar refractivity (Wildman–Crippen MR) is 83.8 cm³/mol. The molecule has 2 N–H and O–H groups in total. The van der Waals surface area contributed by atoms with E-state index in [0.717, 1.165) is 62.6 Å². The largest absolute Gasteiger partial charge is 0.380 e. The SMILES string of the molecule is CCCNC1C(=O)Nc2cc(N3CCCOCC3)ccc21. The smallest absolute Gasteiger partial charge is 0.246 e. The van der Waals surface area contributed by atoms with Crippen molar-refractivity contribution in [2.75, 3.05) is 43.1 Å². The van der Waals surface area contributed by atoms with Gasteiger partial charge in [-0.25, -0.2) is 0 Å². The van der Waals surface area contributed by atoms with Crippen molar-refractivity contribution in [2.45, 2.75) is 25.8 Å². The summed E-state index contributed by atoms with van der Waals surface area (Å²) in [5.74, 6) is 0.0507. The lowest BCUT2D eigenvalue weighted by molar-refractivity contribution is -0.117. The van der Waals surface area contributed by atoms with Crippen molar-refractivity contribution in [3.63, 3.8) is 0 Å². The van der Waals surface area contributed by atoms with Crippen LogP contribution in [0.5, 0.6) is 0 Å². The van der Waals surface area contributed by atoms with Gasteiger partial charge in [-0.2, -0.15) is 0 Å². The van der Waals surface area contributed by atoms with Crippen LogP contribution in [0.2, 0.25) is 0 Å². The summed E-state index contributed by atoms with van der Waals surface area (Å²) >= 11 is 0. The molecule has 1 unspecified atom stereocenters. The fraction of sp³-hybridized carbons (Fsp3) is 0.562. The number of fused-ring (bicyclic) bond motifs is 1. The summed E-state index contributed by atoms with van der Waals surface area (Å²) in [6.45, 7) is 6.47. The van der Waals surface area contributed by atoms with Crippen molar-refractivity contribution in [3.8, 4) is 0 Å². The van der Waals surface area contributed by atoms with Crippen molar-refractivity contribution < 1.29 is 9.53 Å². The second-order valence-electron chi connectivity index (χ2n) is 5.60. The Hall–Kier alpha value is -1.59. The molecular formula is C16H23N3O2. The molecule has 0 aromatic heterocycles. The van der Waals surface area contributed by atoms with E-state index in [1.807, 2.05) is 0 Å². The van der Waals surface area contributed by atoms with Crippen LogP contribution >= 0.6 is 0 Å². The molecule has 1 atom stereocenters. The van der Waals surface area contributed by atoms with Crippen molar-refractivity contribution in [2.24, 2.45) is 0 Å². The van der Waals surface area contributed by atoms with Gasteiger partial charge in [0.2, 0.25) is 5.91 Å². The lowest BCUT2D eigenvalue weighted by Crippen LogP contribution is -2.28.